The number of aliphatic hydroxyl groups is 1. The third-order valence-corrected chi connectivity index (χ3v) is 8.31. The Labute approximate surface area is 95.9 Å². The molecule has 2 nitrogen and oxygen atoms in total. The Morgan fingerprint density at radius 3 is 2.77 bits per heavy atom. The molecule has 3 atom stereocenters. The Morgan fingerprint density at radius 1 is 1.46 bits per heavy atom. The number of hydrogen-bond acceptors (Lipinski definition) is 2. The molecule has 0 radical (unpaired) electrons. The molecule has 1 aliphatic carbocycles. The summed E-state index contributed by atoms with van der Waals surface area (Å²) in [6.45, 7) is 0. The van der Waals surface area contributed by atoms with Gasteiger partial charge in [0.25, 0.3) is 0 Å². The molecular weight excluding hydrogens is 376 g/mol. The predicted octanol–water partition coefficient (Wildman–Crippen LogP) is 2.21. The van der Waals surface area contributed by atoms with Crippen LogP contribution in [0.5, 0.6) is 0 Å². The second-order valence-corrected chi connectivity index (χ2v) is 10.8. The third-order valence-electron chi connectivity index (χ3n) is 2.96. The zero-order valence-electron chi connectivity index (χ0n) is 8.21. The second kappa shape index (κ2) is 6.60. The average Bonchev–Trinajstić information content (AvgIpc) is 2.30. The van der Waals surface area contributed by atoms with Gasteiger partial charge in [0.15, 0.2) is 0 Å². The van der Waals surface area contributed by atoms with Gasteiger partial charge < -0.3 is 0 Å². The molecule has 0 aromatic heterocycles. The van der Waals surface area contributed by atoms with E-state index in [0.717, 1.165) is 23.2 Å². The van der Waals surface area contributed by atoms with Crippen LogP contribution in [0.25, 0.3) is 0 Å². The number of ether oxygens (including phenoxy) is 1. The van der Waals surface area contributed by atoms with E-state index in [0.29, 0.717) is 5.92 Å². The van der Waals surface area contributed by atoms with E-state index in [1.807, 2.05) is 0 Å². The zero-order valence-corrected chi connectivity index (χ0v) is 14.5. The molecule has 0 amide bonds. The molecule has 1 N–H and O–H groups in total. The summed E-state index contributed by atoms with van der Waals surface area (Å²) in [7, 11) is 7.68. The van der Waals surface area contributed by atoms with Crippen LogP contribution >= 0.6 is 8.25 Å². The molecule has 0 saturated heterocycles. The van der Waals surface area contributed by atoms with Gasteiger partial charge in [-0.3, -0.25) is 0 Å². The van der Waals surface area contributed by atoms with Crippen LogP contribution in [-0.2, 0) is 28.1 Å². The van der Waals surface area contributed by atoms with E-state index in [1.54, 1.807) is 7.11 Å². The van der Waals surface area contributed by atoms with Crippen molar-refractivity contribution in [1.82, 2.24) is 0 Å². The van der Waals surface area contributed by atoms with Crippen molar-refractivity contribution in [2.24, 2.45) is 5.92 Å². The molecule has 0 bridgehead atoms. The first-order valence-electron chi connectivity index (χ1n) is 5.06. The summed E-state index contributed by atoms with van der Waals surface area (Å²) in [6, 6.07) is 0. The van der Waals surface area contributed by atoms with E-state index in [2.05, 4.69) is 0 Å². The molecule has 1 rings (SSSR count). The molecule has 0 aliphatic heterocycles. The summed E-state index contributed by atoms with van der Waals surface area (Å²) < 4.78 is 6.51. The van der Waals surface area contributed by atoms with E-state index in [1.165, 1.54) is 6.42 Å². The van der Waals surface area contributed by atoms with Crippen molar-refractivity contribution in [1.29, 1.82) is 0 Å². The number of hydrogen-bond donors (Lipinski definition) is 1. The Bertz CT molecular complexity index is 146. The van der Waals surface area contributed by atoms with Gasteiger partial charge in [-0.1, -0.05) is 0 Å². The summed E-state index contributed by atoms with van der Waals surface area (Å²) in [4.78, 5) is 0. The molecule has 0 unspecified atom stereocenters. The molecule has 0 heterocycles. The minimum absolute atomic E-state index is 0.161. The summed E-state index contributed by atoms with van der Waals surface area (Å²) >= 11 is -1.15. The number of methoxy groups -OCH3 is 1. The number of aliphatic hydroxyl groups excluding tert-OH is 1. The van der Waals surface area contributed by atoms with Gasteiger partial charge in [-0.25, -0.2) is 0 Å². The third kappa shape index (κ3) is 3.65. The van der Waals surface area contributed by atoms with Crippen LogP contribution in [0.15, 0.2) is 0 Å². The van der Waals surface area contributed by atoms with E-state index < -0.39 is 23.3 Å². The van der Waals surface area contributed by atoms with Gasteiger partial charge in [-0.05, 0) is 0 Å². The summed E-state index contributed by atoms with van der Waals surface area (Å²) in [5, 5.41) is 9.88. The first-order chi connectivity index (χ1) is 6.29. The van der Waals surface area contributed by atoms with Crippen molar-refractivity contribution in [3.05, 3.63) is 0 Å². The molecule has 1 saturated carbocycles. The van der Waals surface area contributed by atoms with Crippen LogP contribution in [0.4, 0.5) is 0 Å². The maximum atomic E-state index is 9.88. The molecule has 1 aliphatic rings. The topological polar surface area (TPSA) is 29.5 Å². The Hall–Kier alpha value is 1.15. The van der Waals surface area contributed by atoms with Gasteiger partial charge in [0.05, 0.1) is 0 Å². The van der Waals surface area contributed by atoms with Crippen molar-refractivity contribution < 1.29 is 33.2 Å². The first-order valence-corrected chi connectivity index (χ1v) is 15.7. The fraction of sp³-hybridized carbons (Fsp3) is 1.00. The molecular formula is C9H17ClHgO2. The van der Waals surface area contributed by atoms with E-state index in [4.69, 9.17) is 13.0 Å². The monoisotopic (exact) mass is 394 g/mol. The van der Waals surface area contributed by atoms with Crippen molar-refractivity contribution >= 4 is 8.25 Å². The standard InChI is InChI=1S/C9H17O2.ClH.Hg/c1-7-8(10)5-3-4-6-9(7)11-2;;/h7-10H,1,3-6H2,2H3;1H;/q;;+1/p-1/t7-,8-,9-;;/m1../s1. The number of halogens is 1. The maximum absolute atomic E-state index is 9.88. The van der Waals surface area contributed by atoms with Crippen molar-refractivity contribution in [3.63, 3.8) is 0 Å². The Morgan fingerprint density at radius 2 is 2.15 bits per heavy atom. The second-order valence-electron chi connectivity index (χ2n) is 3.77. The number of rotatable bonds is 3. The molecule has 74 valence electrons. The van der Waals surface area contributed by atoms with Crippen LogP contribution in [0.3, 0.4) is 0 Å². The van der Waals surface area contributed by atoms with Crippen molar-refractivity contribution in [3.8, 4) is 0 Å². The summed E-state index contributed by atoms with van der Waals surface area (Å²) in [5.41, 5.74) is 0. The van der Waals surface area contributed by atoms with Crippen LogP contribution in [0.1, 0.15) is 25.7 Å². The SMILES string of the molecule is CO[C@@H]1CCCC[C@@H](O)[C@H]1[CH2][Hg][Cl]. The van der Waals surface area contributed by atoms with Gasteiger partial charge in [0.1, 0.15) is 0 Å². The molecule has 0 spiro atoms. The van der Waals surface area contributed by atoms with Gasteiger partial charge in [-0.15, -0.1) is 0 Å². The van der Waals surface area contributed by atoms with Gasteiger partial charge in [-0.2, -0.15) is 0 Å². The Kier molecular flexibility index (Phi) is 6.20. The average molecular weight is 393 g/mol. The molecule has 0 aromatic rings. The fourth-order valence-corrected chi connectivity index (χ4v) is 8.30. The fourth-order valence-electron chi connectivity index (χ4n) is 2.17. The first kappa shape index (κ1) is 12.2. The minimum atomic E-state index is -1.15. The van der Waals surface area contributed by atoms with E-state index >= 15 is 0 Å². The van der Waals surface area contributed by atoms with Gasteiger partial charge >= 0.3 is 96.3 Å². The van der Waals surface area contributed by atoms with Gasteiger partial charge in [0.2, 0.25) is 0 Å². The zero-order chi connectivity index (χ0) is 9.68. The normalized spacial score (nSPS) is 35.2. The predicted molar refractivity (Wildman–Crippen MR) is 49.4 cm³/mol. The van der Waals surface area contributed by atoms with E-state index in [-0.39, 0.29) is 12.2 Å². The molecule has 4 heteroatoms. The van der Waals surface area contributed by atoms with Crippen LogP contribution in [-0.4, -0.2) is 24.4 Å². The van der Waals surface area contributed by atoms with Crippen LogP contribution in [0, 0.1) is 5.92 Å². The van der Waals surface area contributed by atoms with E-state index in [9.17, 15) is 5.11 Å². The molecule has 13 heavy (non-hydrogen) atoms. The quantitative estimate of drug-likeness (QED) is 0.589. The van der Waals surface area contributed by atoms with Crippen LogP contribution < -0.4 is 0 Å². The summed E-state index contributed by atoms with van der Waals surface area (Å²) in [6.07, 6.45) is 4.46. The van der Waals surface area contributed by atoms with Gasteiger partial charge in [0, 0.05) is 0 Å². The molecule has 0 aromatic carbocycles. The summed E-state index contributed by atoms with van der Waals surface area (Å²) in [5.74, 6) is 0.340. The Balaban J connectivity index is 2.55. The van der Waals surface area contributed by atoms with Crippen LogP contribution in [0.2, 0.25) is 3.93 Å². The van der Waals surface area contributed by atoms with Crippen molar-refractivity contribution in [2.45, 2.75) is 41.8 Å². The van der Waals surface area contributed by atoms with Crippen molar-refractivity contribution in [2.75, 3.05) is 7.11 Å². The molecule has 1 fully saturated rings.